The molecule has 0 N–H and O–H groups in total. The molecule has 13 rings (SSSR count). The van der Waals surface area contributed by atoms with Crippen molar-refractivity contribution in [2.75, 3.05) is 0 Å². The van der Waals surface area contributed by atoms with E-state index in [-0.39, 0.29) is 0 Å². The third-order valence-electron chi connectivity index (χ3n) is 12.7. The van der Waals surface area contributed by atoms with Crippen LogP contribution < -0.4 is 0 Å². The molecule has 0 saturated heterocycles. The van der Waals surface area contributed by atoms with Crippen molar-refractivity contribution >= 4 is 65.4 Å². The van der Waals surface area contributed by atoms with Gasteiger partial charge in [0.1, 0.15) is 22.3 Å². The SMILES string of the molecule is c1ccc(-c2ccc(-c3cccc4ccccc34)c(-c3cccc4ccccc34)c2-c2nc(-c3cccc4c3oc3ccccc34)cc(-c3cccc4c3oc3ccccc34)n2)cc1. The Kier molecular flexibility index (Phi) is 8.18. The van der Waals surface area contributed by atoms with Crippen molar-refractivity contribution in [3.8, 4) is 67.3 Å². The minimum absolute atomic E-state index is 0.595. The molecule has 4 nitrogen and oxygen atoms in total. The van der Waals surface area contributed by atoms with Crippen molar-refractivity contribution in [2.45, 2.75) is 0 Å². The Hall–Kier alpha value is -8.60. The van der Waals surface area contributed by atoms with E-state index in [4.69, 9.17) is 18.8 Å². The summed E-state index contributed by atoms with van der Waals surface area (Å²) in [4.78, 5) is 11.4. The predicted octanol–water partition coefficient (Wildman–Crippen LogP) is 16.6. The summed E-state index contributed by atoms with van der Waals surface area (Å²) in [6.07, 6.45) is 0. The van der Waals surface area contributed by atoms with Gasteiger partial charge in [-0.1, -0.05) is 188 Å². The van der Waals surface area contributed by atoms with Gasteiger partial charge in [0.15, 0.2) is 5.82 Å². The molecule has 0 aliphatic carbocycles. The standard InChI is InChI=1S/C60H36N2O2/c1-2-16-39(17-3-1)42-34-35-47(43-26-12-20-37-18-4-6-22-40(37)43)56(46-27-13-21-38-19-5-7-23-41(38)46)57(42)60-61-52(50-30-14-28-48-44-24-8-10-32-54(44)63-58(48)50)36-53(62-60)51-31-15-29-49-45-25-9-11-33-55(45)64-59(49)51/h1-36H. The highest BCUT2D eigenvalue weighted by Gasteiger charge is 2.26. The molecular formula is C60H36N2O2. The van der Waals surface area contributed by atoms with Crippen LogP contribution in [0, 0.1) is 0 Å². The van der Waals surface area contributed by atoms with E-state index in [1.54, 1.807) is 0 Å². The lowest BCUT2D eigenvalue weighted by Crippen LogP contribution is -2.01. The van der Waals surface area contributed by atoms with Gasteiger partial charge in [0.05, 0.1) is 11.4 Å². The highest BCUT2D eigenvalue weighted by molar-refractivity contribution is 6.13. The van der Waals surface area contributed by atoms with E-state index in [0.29, 0.717) is 5.82 Å². The highest BCUT2D eigenvalue weighted by atomic mass is 16.3. The van der Waals surface area contributed by atoms with Crippen molar-refractivity contribution in [3.05, 3.63) is 218 Å². The van der Waals surface area contributed by atoms with Gasteiger partial charge in [-0.3, -0.25) is 0 Å². The molecule has 3 aromatic heterocycles. The number of para-hydroxylation sites is 4. The first kappa shape index (κ1) is 36.1. The zero-order chi connectivity index (χ0) is 42.1. The first-order chi connectivity index (χ1) is 31.7. The van der Waals surface area contributed by atoms with Gasteiger partial charge in [-0.2, -0.15) is 0 Å². The first-order valence-electron chi connectivity index (χ1n) is 21.6. The molecule has 3 heterocycles. The number of rotatable bonds is 6. The van der Waals surface area contributed by atoms with E-state index >= 15 is 0 Å². The summed E-state index contributed by atoms with van der Waals surface area (Å²) in [5.74, 6) is 0.595. The summed E-state index contributed by atoms with van der Waals surface area (Å²) in [5, 5.41) is 8.85. The molecule has 0 unspecified atom stereocenters. The van der Waals surface area contributed by atoms with Crippen LogP contribution in [-0.4, -0.2) is 9.97 Å². The average molecular weight is 817 g/mol. The van der Waals surface area contributed by atoms with Crippen LogP contribution in [0.4, 0.5) is 0 Å². The van der Waals surface area contributed by atoms with Crippen LogP contribution in [0.15, 0.2) is 227 Å². The van der Waals surface area contributed by atoms with Crippen molar-refractivity contribution in [3.63, 3.8) is 0 Å². The van der Waals surface area contributed by atoms with Crippen molar-refractivity contribution in [1.82, 2.24) is 9.97 Å². The Balaban J connectivity index is 1.20. The lowest BCUT2D eigenvalue weighted by molar-refractivity contribution is 0.669. The Bertz CT molecular complexity index is 3830. The molecule has 64 heavy (non-hydrogen) atoms. The van der Waals surface area contributed by atoms with Crippen LogP contribution in [0.3, 0.4) is 0 Å². The number of hydrogen-bond donors (Lipinski definition) is 0. The fourth-order valence-corrected chi connectivity index (χ4v) is 9.83. The minimum Gasteiger partial charge on any atom is -0.455 e. The zero-order valence-electron chi connectivity index (χ0n) is 34.5. The van der Waals surface area contributed by atoms with Gasteiger partial charge in [-0.25, -0.2) is 9.97 Å². The number of hydrogen-bond acceptors (Lipinski definition) is 4. The van der Waals surface area contributed by atoms with Gasteiger partial charge in [-0.05, 0) is 79.7 Å². The van der Waals surface area contributed by atoms with Gasteiger partial charge < -0.3 is 8.83 Å². The topological polar surface area (TPSA) is 52.1 Å². The van der Waals surface area contributed by atoms with Gasteiger partial charge in [0, 0.05) is 43.8 Å². The fourth-order valence-electron chi connectivity index (χ4n) is 9.83. The molecule has 0 atom stereocenters. The smallest absolute Gasteiger partial charge is 0.161 e. The second-order valence-corrected chi connectivity index (χ2v) is 16.4. The summed E-state index contributed by atoms with van der Waals surface area (Å²) in [6, 6.07) is 76.8. The lowest BCUT2D eigenvalue weighted by atomic mass is 9.82. The average Bonchev–Trinajstić information content (AvgIpc) is 3.95. The van der Waals surface area contributed by atoms with E-state index < -0.39 is 0 Å². The second kappa shape index (κ2) is 14.5. The maximum Gasteiger partial charge on any atom is 0.161 e. The maximum absolute atomic E-state index is 6.71. The van der Waals surface area contributed by atoms with Gasteiger partial charge >= 0.3 is 0 Å². The van der Waals surface area contributed by atoms with E-state index in [1.165, 1.54) is 10.8 Å². The maximum atomic E-state index is 6.71. The predicted molar refractivity (Wildman–Crippen MR) is 264 cm³/mol. The quantitative estimate of drug-likeness (QED) is 0.168. The Morgan fingerprint density at radius 1 is 0.281 bits per heavy atom. The zero-order valence-corrected chi connectivity index (χ0v) is 34.5. The van der Waals surface area contributed by atoms with Crippen LogP contribution >= 0.6 is 0 Å². The number of nitrogens with zero attached hydrogens (tertiary/aromatic N) is 2. The second-order valence-electron chi connectivity index (χ2n) is 16.4. The molecule has 0 saturated carbocycles. The largest absolute Gasteiger partial charge is 0.455 e. The summed E-state index contributed by atoms with van der Waals surface area (Å²) < 4.78 is 13.4. The highest BCUT2D eigenvalue weighted by Crippen LogP contribution is 2.49. The lowest BCUT2D eigenvalue weighted by Gasteiger charge is -2.22. The third kappa shape index (κ3) is 5.70. The molecular weight excluding hydrogens is 781 g/mol. The molecule has 13 aromatic rings. The van der Waals surface area contributed by atoms with Crippen molar-refractivity contribution < 1.29 is 8.83 Å². The van der Waals surface area contributed by atoms with E-state index in [9.17, 15) is 0 Å². The fraction of sp³-hybridized carbons (Fsp3) is 0. The monoisotopic (exact) mass is 816 g/mol. The van der Waals surface area contributed by atoms with Crippen LogP contribution in [0.5, 0.6) is 0 Å². The van der Waals surface area contributed by atoms with Gasteiger partial charge in [0.2, 0.25) is 0 Å². The summed E-state index contributed by atoms with van der Waals surface area (Å²) in [7, 11) is 0. The number of fused-ring (bicyclic) bond motifs is 8. The van der Waals surface area contributed by atoms with Crippen LogP contribution in [0.1, 0.15) is 0 Å². The normalized spacial score (nSPS) is 11.8. The molecule has 0 amide bonds. The number of aromatic nitrogens is 2. The van der Waals surface area contributed by atoms with Crippen molar-refractivity contribution in [2.24, 2.45) is 0 Å². The van der Waals surface area contributed by atoms with Crippen molar-refractivity contribution in [1.29, 1.82) is 0 Å². The van der Waals surface area contributed by atoms with Gasteiger partial charge in [-0.15, -0.1) is 0 Å². The Labute approximate surface area is 368 Å². The molecule has 298 valence electrons. The molecule has 0 aliphatic rings. The van der Waals surface area contributed by atoms with Crippen LogP contribution in [-0.2, 0) is 0 Å². The first-order valence-corrected chi connectivity index (χ1v) is 21.6. The molecule has 0 spiro atoms. The number of benzene rings is 10. The molecule has 0 aliphatic heterocycles. The Morgan fingerprint density at radius 2 is 0.719 bits per heavy atom. The molecule has 0 bridgehead atoms. The molecule has 4 heteroatoms. The molecule has 0 radical (unpaired) electrons. The molecule has 0 fully saturated rings. The van der Waals surface area contributed by atoms with Crippen LogP contribution in [0.25, 0.3) is 133 Å². The van der Waals surface area contributed by atoms with E-state index in [0.717, 1.165) is 116 Å². The summed E-state index contributed by atoms with van der Waals surface area (Å²) >= 11 is 0. The molecule has 10 aromatic carbocycles. The number of furan rings is 2. The third-order valence-corrected chi connectivity index (χ3v) is 12.7. The van der Waals surface area contributed by atoms with Gasteiger partial charge in [0.25, 0.3) is 0 Å². The Morgan fingerprint density at radius 3 is 1.33 bits per heavy atom. The van der Waals surface area contributed by atoms with E-state index in [1.807, 2.05) is 24.3 Å². The minimum atomic E-state index is 0.595. The summed E-state index contributed by atoms with van der Waals surface area (Å²) in [5.41, 5.74) is 13.9. The van der Waals surface area contributed by atoms with Crippen LogP contribution in [0.2, 0.25) is 0 Å². The summed E-state index contributed by atoms with van der Waals surface area (Å²) in [6.45, 7) is 0. The van der Waals surface area contributed by atoms with E-state index in [2.05, 4.69) is 194 Å².